The number of aromatic nitrogens is 4. The van der Waals surface area contributed by atoms with Crippen LogP contribution in [0.2, 0.25) is 0 Å². The number of phenolic OH excluding ortho intramolecular Hbond substituents is 1. The molecule has 2 aliphatic heterocycles. The van der Waals surface area contributed by atoms with Gasteiger partial charge in [-0.2, -0.15) is 15.1 Å². The Morgan fingerprint density at radius 3 is 2.38 bits per heavy atom. The first-order chi connectivity index (χ1) is 26.0. The van der Waals surface area contributed by atoms with Crippen LogP contribution < -0.4 is 9.64 Å². The monoisotopic (exact) mass is 763 g/mol. The lowest BCUT2D eigenvalue weighted by molar-refractivity contribution is -0.138. The first kappa shape index (κ1) is 35.4. The Kier molecular flexibility index (Phi) is 7.63. The molecule has 4 fully saturated rings. The van der Waals surface area contributed by atoms with Crippen molar-refractivity contribution in [3.05, 3.63) is 47.7 Å². The van der Waals surface area contributed by atoms with Gasteiger partial charge in [0.05, 0.1) is 16.4 Å². The molecule has 3 aromatic carbocycles. The van der Waals surface area contributed by atoms with Gasteiger partial charge in [-0.25, -0.2) is 26.3 Å². The highest BCUT2D eigenvalue weighted by molar-refractivity contribution is 6.18. The van der Waals surface area contributed by atoms with E-state index in [0.717, 1.165) is 6.07 Å². The third kappa shape index (κ3) is 5.44. The normalized spacial score (nSPS) is 24.9. The fourth-order valence-corrected chi connectivity index (χ4v) is 8.88. The molecule has 10 nitrogen and oxygen atoms in total. The standard InChI is InChI=1S/C39H35F6N7O3/c1-5-23-27(40)9-6-19-10-22(53)11-24(28(19)23)29-31(41)33-30(25-15-50(4)48-32(25)29)34(47-36(46-33)55-18-37(17-49(2)3)16-39(37,44)45)51-13-20-7-8-21(14-51)52(20)35(54)26-12-38(26,42)43/h1,6,9-11,15,20-21,26,53H,7-8,12-14,16-18H2,2-4H3/t20-,21+,26?,37-/m1/s1. The summed E-state index contributed by atoms with van der Waals surface area (Å²) in [5.41, 5.74) is -1.96. The lowest BCUT2D eigenvalue weighted by Gasteiger charge is -2.42. The van der Waals surface area contributed by atoms with Crippen molar-refractivity contribution in [2.45, 2.75) is 49.6 Å². The first-order valence-electron chi connectivity index (χ1n) is 17.9. The van der Waals surface area contributed by atoms with Crippen molar-refractivity contribution in [3.8, 4) is 35.2 Å². The van der Waals surface area contributed by atoms with Crippen molar-refractivity contribution < 1.29 is 41.0 Å². The van der Waals surface area contributed by atoms with E-state index in [1.165, 1.54) is 22.9 Å². The number of rotatable bonds is 8. The zero-order valence-corrected chi connectivity index (χ0v) is 30.0. The van der Waals surface area contributed by atoms with E-state index >= 15 is 8.78 Å². The molecule has 286 valence electrons. The Balaban J connectivity index is 1.24. The minimum Gasteiger partial charge on any atom is -0.508 e. The Labute approximate surface area is 310 Å². The summed E-state index contributed by atoms with van der Waals surface area (Å²) in [4.78, 5) is 27.5. The number of benzene rings is 3. The van der Waals surface area contributed by atoms with Gasteiger partial charge < -0.3 is 24.5 Å². The molecular formula is C39H35F6N7O3. The van der Waals surface area contributed by atoms with Gasteiger partial charge >= 0.3 is 6.01 Å². The highest BCUT2D eigenvalue weighted by atomic mass is 19.3. The number of ether oxygens (including phenoxy) is 1. The van der Waals surface area contributed by atoms with Gasteiger partial charge in [0.1, 0.15) is 40.9 Å². The number of carbonyl (C=O) groups excluding carboxylic acids is 1. The maximum atomic E-state index is 17.6. The predicted molar refractivity (Wildman–Crippen MR) is 191 cm³/mol. The summed E-state index contributed by atoms with van der Waals surface area (Å²) >= 11 is 0. The Morgan fingerprint density at radius 1 is 1.07 bits per heavy atom. The van der Waals surface area contributed by atoms with Gasteiger partial charge in [0.15, 0.2) is 5.82 Å². The SMILES string of the molecule is C#Cc1c(F)ccc2cc(O)cc(-c3c(F)c4nc(OC[C@]5(CN(C)C)CC5(F)F)nc(N5C[C@H]6CC[C@@H](C5)N6C(=O)C5CC5(F)F)c4c4cn(C)nc34)c12. The molecule has 2 aromatic heterocycles. The lowest BCUT2D eigenvalue weighted by Crippen LogP contribution is -2.56. The molecule has 4 heterocycles. The summed E-state index contributed by atoms with van der Waals surface area (Å²) in [7, 11) is 4.96. The third-order valence-corrected chi connectivity index (χ3v) is 11.6. The van der Waals surface area contributed by atoms with Crippen LogP contribution in [0.25, 0.3) is 43.7 Å². The summed E-state index contributed by atoms with van der Waals surface area (Å²) < 4.78 is 97.8. The van der Waals surface area contributed by atoms with E-state index in [9.17, 15) is 27.5 Å². The summed E-state index contributed by atoms with van der Waals surface area (Å²) in [6, 6.07) is 3.95. The molecule has 55 heavy (non-hydrogen) atoms. The Morgan fingerprint density at radius 2 is 1.76 bits per heavy atom. The number of terminal acetylenes is 1. The van der Waals surface area contributed by atoms with Gasteiger partial charge in [-0.1, -0.05) is 12.0 Å². The molecule has 1 unspecified atom stereocenters. The number of anilines is 1. The number of hydrogen-bond acceptors (Lipinski definition) is 8. The van der Waals surface area contributed by atoms with Gasteiger partial charge in [-0.15, -0.1) is 6.42 Å². The molecule has 1 amide bonds. The second-order valence-corrected chi connectivity index (χ2v) is 15.7. The molecule has 2 bridgehead atoms. The number of carbonyl (C=O) groups is 1. The fraction of sp³-hybridized carbons (Fsp3) is 0.436. The molecule has 4 aliphatic rings. The molecule has 4 atom stereocenters. The van der Waals surface area contributed by atoms with E-state index in [1.807, 2.05) is 4.90 Å². The minimum atomic E-state index is -3.03. The fourth-order valence-electron chi connectivity index (χ4n) is 8.88. The minimum absolute atomic E-state index is 0.00723. The average molecular weight is 764 g/mol. The van der Waals surface area contributed by atoms with Gasteiger partial charge in [0, 0.05) is 74.1 Å². The highest BCUT2D eigenvalue weighted by Crippen LogP contribution is 2.61. The van der Waals surface area contributed by atoms with Crippen molar-refractivity contribution >= 4 is 44.3 Å². The number of aryl methyl sites for hydroxylation is 1. The smallest absolute Gasteiger partial charge is 0.319 e. The van der Waals surface area contributed by atoms with Crippen molar-refractivity contribution in [2.75, 3.05) is 45.2 Å². The van der Waals surface area contributed by atoms with Crippen molar-refractivity contribution in [3.63, 3.8) is 0 Å². The molecule has 2 aliphatic carbocycles. The second kappa shape index (κ2) is 11.8. The van der Waals surface area contributed by atoms with Crippen LogP contribution in [0.15, 0.2) is 30.5 Å². The van der Waals surface area contributed by atoms with E-state index in [-0.39, 0.29) is 75.7 Å². The number of nitrogens with zero attached hydrogens (tertiary/aromatic N) is 7. The van der Waals surface area contributed by atoms with Crippen LogP contribution in [0.3, 0.4) is 0 Å². The first-order valence-corrected chi connectivity index (χ1v) is 17.9. The van der Waals surface area contributed by atoms with Gasteiger partial charge in [0.2, 0.25) is 5.91 Å². The van der Waals surface area contributed by atoms with Crippen LogP contribution in [0, 0.1) is 35.3 Å². The number of phenols is 1. The van der Waals surface area contributed by atoms with Crippen LogP contribution in [0.4, 0.5) is 32.2 Å². The maximum absolute atomic E-state index is 17.6. The lowest BCUT2D eigenvalue weighted by atomic mass is 9.91. The third-order valence-electron chi connectivity index (χ3n) is 11.6. The zero-order chi connectivity index (χ0) is 38.9. The van der Waals surface area contributed by atoms with Gasteiger partial charge in [-0.05, 0) is 56.1 Å². The number of aromatic hydroxyl groups is 1. The number of halogens is 6. The number of piperazine rings is 1. The van der Waals surface area contributed by atoms with Crippen molar-refractivity contribution in [2.24, 2.45) is 18.4 Å². The zero-order valence-electron chi connectivity index (χ0n) is 30.0. The summed E-state index contributed by atoms with van der Waals surface area (Å²) in [5, 5.41) is 16.5. The van der Waals surface area contributed by atoms with Crippen LogP contribution in [-0.2, 0) is 11.8 Å². The maximum Gasteiger partial charge on any atom is 0.319 e. The van der Waals surface area contributed by atoms with Gasteiger partial charge in [0.25, 0.3) is 11.8 Å². The van der Waals surface area contributed by atoms with E-state index in [2.05, 4.69) is 16.0 Å². The van der Waals surface area contributed by atoms with Crippen LogP contribution >= 0.6 is 0 Å². The molecular weight excluding hydrogens is 728 g/mol. The van der Waals surface area contributed by atoms with E-state index in [1.54, 1.807) is 37.1 Å². The Hall–Kier alpha value is -5.30. The molecule has 2 saturated carbocycles. The van der Waals surface area contributed by atoms with E-state index < -0.39 is 72.3 Å². The number of fused-ring (bicyclic) bond motifs is 6. The summed E-state index contributed by atoms with van der Waals surface area (Å²) in [6.07, 6.45) is 7.58. The van der Waals surface area contributed by atoms with E-state index in [4.69, 9.17) is 16.1 Å². The number of amides is 1. The average Bonchev–Trinajstić information content (AvgIpc) is 3.78. The summed E-state index contributed by atoms with van der Waals surface area (Å²) in [6.45, 7) is -0.130. The molecule has 16 heteroatoms. The molecule has 9 rings (SSSR count). The highest BCUT2D eigenvalue weighted by Gasteiger charge is 2.71. The van der Waals surface area contributed by atoms with Gasteiger partial charge in [-0.3, -0.25) is 9.48 Å². The van der Waals surface area contributed by atoms with Crippen LogP contribution in [0.1, 0.15) is 31.2 Å². The molecule has 0 spiro atoms. The predicted octanol–water partition coefficient (Wildman–Crippen LogP) is 6.10. The second-order valence-electron chi connectivity index (χ2n) is 15.7. The molecule has 1 N–H and O–H groups in total. The van der Waals surface area contributed by atoms with Crippen molar-refractivity contribution in [1.82, 2.24) is 29.5 Å². The largest absolute Gasteiger partial charge is 0.508 e. The van der Waals surface area contributed by atoms with Crippen LogP contribution in [-0.4, -0.2) is 105 Å². The molecule has 0 radical (unpaired) electrons. The molecule has 2 saturated heterocycles. The topological polar surface area (TPSA) is 99.9 Å². The van der Waals surface area contributed by atoms with Crippen LogP contribution in [0.5, 0.6) is 11.8 Å². The van der Waals surface area contributed by atoms with E-state index in [0.29, 0.717) is 23.6 Å². The number of hydrogen-bond donors (Lipinski definition) is 1. The summed E-state index contributed by atoms with van der Waals surface area (Å²) in [5.74, 6) is -7.38. The Bertz CT molecular complexity index is 2500. The quantitative estimate of drug-likeness (QED) is 0.150. The molecule has 5 aromatic rings. The van der Waals surface area contributed by atoms with Crippen molar-refractivity contribution in [1.29, 1.82) is 0 Å². The number of alkyl halides is 4.